The van der Waals surface area contributed by atoms with Crippen molar-refractivity contribution in [3.8, 4) is 11.1 Å². The van der Waals surface area contributed by atoms with Crippen LogP contribution in [0.5, 0.6) is 0 Å². The van der Waals surface area contributed by atoms with Gasteiger partial charge in [0.05, 0.1) is 0 Å². The van der Waals surface area contributed by atoms with Crippen LogP contribution in [-0.4, -0.2) is 3.21 Å². The van der Waals surface area contributed by atoms with E-state index in [4.69, 9.17) is 23.2 Å². The van der Waals surface area contributed by atoms with Crippen molar-refractivity contribution >= 4 is 48.0 Å². The van der Waals surface area contributed by atoms with Crippen LogP contribution < -0.4 is 0 Å². The Morgan fingerprint density at radius 3 is 1.46 bits per heavy atom. The van der Waals surface area contributed by atoms with Crippen LogP contribution in [0.1, 0.15) is 85.0 Å². The molecular weight excluding hydrogens is 727 g/mol. The fourth-order valence-corrected chi connectivity index (χ4v) is 17.7. The summed E-state index contributed by atoms with van der Waals surface area (Å²) >= 11 is 10.9. The van der Waals surface area contributed by atoms with Crippen molar-refractivity contribution in [2.75, 3.05) is 0 Å². The molecule has 0 fully saturated rings. The molecule has 0 unspecified atom stereocenters. The minimum absolute atomic E-state index is 0.0517. The second-order valence-corrected chi connectivity index (χ2v) is 23.0. The van der Waals surface area contributed by atoms with Crippen molar-refractivity contribution in [3.05, 3.63) is 174 Å². The molecule has 3 heteroatoms. The molecule has 50 heavy (non-hydrogen) atoms. The number of hydrogen-bond acceptors (Lipinski definition) is 0. The fraction of sp³-hybridized carbons (Fsp3) is 0.213. The third-order valence-corrected chi connectivity index (χ3v) is 19.6. The molecule has 248 valence electrons. The normalized spacial score (nSPS) is 14.3. The van der Waals surface area contributed by atoms with E-state index in [9.17, 15) is 0 Å². The zero-order valence-electron chi connectivity index (χ0n) is 29.7. The number of allylic oxidation sites excluding steroid dienone is 4. The minimum atomic E-state index is -3.01. The van der Waals surface area contributed by atoms with Gasteiger partial charge < -0.3 is 0 Å². The monoisotopic (exact) mass is 766 g/mol. The maximum absolute atomic E-state index is 6.93. The average Bonchev–Trinajstić information content (AvgIpc) is 3.74. The van der Waals surface area contributed by atoms with Gasteiger partial charge >= 0.3 is 317 Å². The Morgan fingerprint density at radius 2 is 1.04 bits per heavy atom. The molecule has 0 N–H and O–H groups in total. The molecule has 0 saturated carbocycles. The van der Waals surface area contributed by atoms with Crippen LogP contribution in [0.4, 0.5) is 0 Å². The molecule has 2 aliphatic carbocycles. The third-order valence-electron chi connectivity index (χ3n) is 10.7. The van der Waals surface area contributed by atoms with Crippen LogP contribution in [0.15, 0.2) is 131 Å². The van der Waals surface area contributed by atoms with Gasteiger partial charge in [-0.15, -0.1) is 0 Å². The van der Waals surface area contributed by atoms with Crippen molar-refractivity contribution in [2.24, 2.45) is 0 Å². The van der Waals surface area contributed by atoms with Crippen LogP contribution in [-0.2, 0) is 32.1 Å². The second-order valence-electron chi connectivity index (χ2n) is 15.9. The number of rotatable bonds is 4. The zero-order valence-corrected chi connectivity index (χ0v) is 33.6. The Labute approximate surface area is 314 Å². The Balaban J connectivity index is 1.55. The first kappa shape index (κ1) is 33.8. The molecule has 0 aliphatic heterocycles. The summed E-state index contributed by atoms with van der Waals surface area (Å²) in [5, 5.41) is 6.20. The zero-order chi connectivity index (χ0) is 34.9. The summed E-state index contributed by atoms with van der Waals surface area (Å²) in [5.74, 6) is 0. The van der Waals surface area contributed by atoms with E-state index in [1.54, 1.807) is 3.28 Å². The van der Waals surface area contributed by atoms with E-state index in [1.165, 1.54) is 58.5 Å². The average molecular weight is 769 g/mol. The Bertz CT molecular complexity index is 2290. The van der Waals surface area contributed by atoms with E-state index >= 15 is 0 Å². The first-order valence-electron chi connectivity index (χ1n) is 17.7. The molecule has 0 radical (unpaired) electrons. The first-order chi connectivity index (χ1) is 23.9. The van der Waals surface area contributed by atoms with Gasteiger partial charge in [0.15, 0.2) is 0 Å². The van der Waals surface area contributed by atoms with Gasteiger partial charge in [0, 0.05) is 0 Å². The number of halogens is 2. The predicted octanol–water partition coefficient (Wildman–Crippen LogP) is 13.7. The van der Waals surface area contributed by atoms with E-state index in [-0.39, 0.29) is 10.8 Å². The molecule has 0 aromatic heterocycles. The van der Waals surface area contributed by atoms with E-state index in [0.29, 0.717) is 3.63 Å². The number of hydrogen-bond donors (Lipinski definition) is 0. The molecule has 6 aromatic rings. The first-order valence-corrected chi connectivity index (χ1v) is 22.3. The van der Waals surface area contributed by atoms with Gasteiger partial charge in [0.25, 0.3) is 0 Å². The van der Waals surface area contributed by atoms with Gasteiger partial charge in [-0.1, -0.05) is 0 Å². The molecule has 0 atom stereocenters. The van der Waals surface area contributed by atoms with Crippen molar-refractivity contribution in [3.63, 3.8) is 0 Å². The van der Waals surface area contributed by atoms with Crippen LogP contribution in [0.3, 0.4) is 0 Å². The summed E-state index contributed by atoms with van der Waals surface area (Å²) in [4.78, 5) is 0. The molecule has 8 rings (SSSR count). The van der Waals surface area contributed by atoms with E-state index < -0.39 is 21.3 Å². The van der Waals surface area contributed by atoms with Gasteiger partial charge in [-0.2, -0.15) is 0 Å². The van der Waals surface area contributed by atoms with E-state index in [2.05, 4.69) is 169 Å². The molecule has 0 bridgehead atoms. The standard InChI is InChI=1S/C21H12Cl2.C21H25.C5H5.Zr/c22-20-11-9-14(16-5-1-3-7-18(16)20)13-15-10-12-21(23)19-8-4-2-6-17(15)19;1-20(2,3)16-9-7-14-11-15-8-10-17(21(4,5)6)13-19(15)18(14)12-16;1-2-4-5-3-1;/h1-12H;7-13H,1-6H3;1-3H,4H2;. The summed E-state index contributed by atoms with van der Waals surface area (Å²) in [5.41, 5.74) is 11.3. The SMILES string of the molecule is CC(C)(C)c1ccc2c(c1)-c1cc(C(C)(C)C)ccc1[CH]2[Zr]([C]1=CC=CC1)=[C](c1ccc(Cl)c2ccccc12)c1ccc(Cl)c2ccccc12. The van der Waals surface area contributed by atoms with E-state index in [1.807, 2.05) is 0 Å². The molecule has 0 spiro atoms. The molecular formula is C47H42Cl2Zr. The van der Waals surface area contributed by atoms with Gasteiger partial charge in [-0.25, -0.2) is 0 Å². The van der Waals surface area contributed by atoms with Crippen LogP contribution >= 0.6 is 23.2 Å². The Morgan fingerprint density at radius 1 is 0.580 bits per heavy atom. The van der Waals surface area contributed by atoms with Crippen LogP contribution in [0.25, 0.3) is 32.7 Å². The summed E-state index contributed by atoms with van der Waals surface area (Å²) in [6.45, 7) is 14.0. The molecule has 0 amide bonds. The van der Waals surface area contributed by atoms with Gasteiger partial charge in [-0.3, -0.25) is 0 Å². The molecule has 2 aliphatic rings. The number of fused-ring (bicyclic) bond motifs is 5. The van der Waals surface area contributed by atoms with Crippen molar-refractivity contribution in [2.45, 2.75) is 62.4 Å². The molecule has 0 saturated heterocycles. The van der Waals surface area contributed by atoms with Gasteiger partial charge in [0.2, 0.25) is 0 Å². The number of benzene rings is 6. The van der Waals surface area contributed by atoms with Crippen molar-refractivity contribution < 1.29 is 21.3 Å². The topological polar surface area (TPSA) is 0 Å². The molecule has 0 heterocycles. The van der Waals surface area contributed by atoms with Crippen LogP contribution in [0, 0.1) is 0 Å². The fourth-order valence-electron chi connectivity index (χ4n) is 8.03. The summed E-state index contributed by atoms with van der Waals surface area (Å²) < 4.78 is 3.42. The summed E-state index contributed by atoms with van der Waals surface area (Å²) in [7, 11) is 0. The second kappa shape index (κ2) is 12.7. The third kappa shape index (κ3) is 5.75. The Hall–Kier alpha value is -3.35. The van der Waals surface area contributed by atoms with Gasteiger partial charge in [0.1, 0.15) is 0 Å². The van der Waals surface area contributed by atoms with Crippen LogP contribution in [0.2, 0.25) is 10.0 Å². The predicted molar refractivity (Wildman–Crippen MR) is 214 cm³/mol. The van der Waals surface area contributed by atoms with E-state index in [0.717, 1.165) is 27.2 Å². The summed E-state index contributed by atoms with van der Waals surface area (Å²) in [6.07, 6.45) is 8.09. The maximum atomic E-state index is 6.93. The quantitative estimate of drug-likeness (QED) is 0.168. The van der Waals surface area contributed by atoms with Crippen molar-refractivity contribution in [1.82, 2.24) is 0 Å². The molecule has 0 nitrogen and oxygen atoms in total. The van der Waals surface area contributed by atoms with Gasteiger partial charge in [-0.05, 0) is 0 Å². The Kier molecular flexibility index (Phi) is 8.58. The van der Waals surface area contributed by atoms with Crippen molar-refractivity contribution in [1.29, 1.82) is 0 Å². The molecule has 6 aromatic carbocycles. The summed E-state index contributed by atoms with van der Waals surface area (Å²) in [6, 6.07) is 41.0.